The number of aliphatic hydroxyl groups excluding tert-OH is 1. The van der Waals surface area contributed by atoms with Gasteiger partial charge in [-0.1, -0.05) is 70.0 Å². The summed E-state index contributed by atoms with van der Waals surface area (Å²) in [5, 5.41) is 26.6. The van der Waals surface area contributed by atoms with Crippen LogP contribution in [0, 0.1) is 5.92 Å². The zero-order valence-corrected chi connectivity index (χ0v) is 36.5. The molecule has 3 N–H and O–H groups in total. The van der Waals surface area contributed by atoms with Crippen LogP contribution in [-0.2, 0) is 35.0 Å². The average molecular weight is 824 g/mol. The fourth-order valence-corrected chi connectivity index (χ4v) is 9.42. The number of halogens is 1. The zero-order chi connectivity index (χ0) is 41.9. The smallest absolute Gasteiger partial charge is 0.409 e. The Balaban J connectivity index is 1.70. The molecule has 314 valence electrons. The fourth-order valence-electron chi connectivity index (χ4n) is 7.61. The second-order valence-electron chi connectivity index (χ2n) is 16.5. The number of thioether (sulfide) groups is 1. The lowest BCUT2D eigenvalue weighted by atomic mass is 9.83. The predicted molar refractivity (Wildman–Crippen MR) is 218 cm³/mol. The molecule has 0 radical (unpaired) electrons. The summed E-state index contributed by atoms with van der Waals surface area (Å²) in [5.74, 6) is -0.636. The minimum Gasteiger partial charge on any atom is -0.495 e. The number of allylic oxidation sites excluding steroid dienone is 3. The van der Waals surface area contributed by atoms with E-state index < -0.39 is 60.1 Å². The number of amides is 3. The van der Waals surface area contributed by atoms with E-state index >= 15 is 0 Å². The highest BCUT2D eigenvalue weighted by atomic mass is 35.5. The Kier molecular flexibility index (Phi) is 15.1. The van der Waals surface area contributed by atoms with E-state index in [2.05, 4.69) is 33.0 Å². The van der Waals surface area contributed by atoms with Gasteiger partial charge in [-0.25, -0.2) is 4.79 Å². The van der Waals surface area contributed by atoms with Crippen molar-refractivity contribution in [3.63, 3.8) is 0 Å². The summed E-state index contributed by atoms with van der Waals surface area (Å²) in [4.78, 5) is 43.4. The van der Waals surface area contributed by atoms with Gasteiger partial charge in [0.15, 0.2) is 12.0 Å². The molecule has 0 aromatic heterocycles. The van der Waals surface area contributed by atoms with E-state index in [0.29, 0.717) is 29.5 Å². The number of nitrogens with zero attached hydrogens (tertiary/aromatic N) is 2. The van der Waals surface area contributed by atoms with Crippen molar-refractivity contribution in [1.29, 1.82) is 0 Å². The maximum absolute atomic E-state index is 14.2. The molecule has 3 heterocycles. The minimum absolute atomic E-state index is 0.0300. The van der Waals surface area contributed by atoms with Crippen LogP contribution in [0.25, 0.3) is 0 Å². The van der Waals surface area contributed by atoms with Gasteiger partial charge in [-0.2, -0.15) is 11.8 Å². The van der Waals surface area contributed by atoms with Crippen molar-refractivity contribution in [2.24, 2.45) is 5.92 Å². The van der Waals surface area contributed by atoms with Gasteiger partial charge >= 0.3 is 6.09 Å². The largest absolute Gasteiger partial charge is 0.495 e. The Hall–Kier alpha value is -2.85. The van der Waals surface area contributed by atoms with Crippen LogP contribution in [0.2, 0.25) is 5.02 Å². The number of nitrogens with one attached hydrogen (secondary N) is 1. The lowest BCUT2D eigenvalue weighted by Crippen LogP contribution is -2.63. The maximum atomic E-state index is 14.2. The Bertz CT molecular complexity index is 1660. The molecule has 3 aliphatic heterocycles. The van der Waals surface area contributed by atoms with Crippen molar-refractivity contribution in [3.8, 4) is 5.75 Å². The summed E-state index contributed by atoms with van der Waals surface area (Å²) < 4.78 is 29.5. The van der Waals surface area contributed by atoms with Crippen LogP contribution in [0.5, 0.6) is 5.75 Å². The molecule has 1 unspecified atom stereocenters. The molecule has 13 nitrogen and oxygen atoms in total. The molecular weight excluding hydrogens is 762 g/mol. The normalized spacial score (nSPS) is 31.3. The number of carbonyl (C=O) groups is 3. The van der Waals surface area contributed by atoms with Crippen molar-refractivity contribution in [2.45, 2.75) is 146 Å². The number of ether oxygens (including phenoxy) is 5. The van der Waals surface area contributed by atoms with Crippen LogP contribution in [0.3, 0.4) is 0 Å². The number of methoxy groups -OCH3 is 2. The molecule has 15 heteroatoms. The van der Waals surface area contributed by atoms with E-state index in [1.54, 1.807) is 40.1 Å². The summed E-state index contributed by atoms with van der Waals surface area (Å²) in [7, 11) is 6.19. The standard InChI is InChI=1S/C41H62ClN3O10S/c1-23(2)56-39(6,7)17-16-33(46)44(9)26(5)37(48)54-32-21-34(47)45(10)28-19-27(20-29(51-11)35(28)42)18-24(3)14-13-15-31(52-12)41(50)22-30(53-38(49)43-41)25(4)36-40(32,8)55-36/h13-15,19-20,23,25-26,30-32,36-37,48,50H,16-18,21-22H2,1-12H3,(H,43,49)/b15-13+,24-14+/t25-,26+,30+,31-,32+,36+,37?,40+,41+/m1/s1. The highest BCUT2D eigenvalue weighted by molar-refractivity contribution is 8.01. The first-order valence-corrected chi connectivity index (χ1v) is 20.5. The topological polar surface area (TPSA) is 160 Å². The van der Waals surface area contributed by atoms with E-state index in [1.165, 1.54) is 24.0 Å². The van der Waals surface area contributed by atoms with Crippen LogP contribution in [0.15, 0.2) is 35.9 Å². The van der Waals surface area contributed by atoms with Crippen LogP contribution >= 0.6 is 23.4 Å². The highest BCUT2D eigenvalue weighted by Gasteiger charge is 2.64. The number of likely N-dealkylation sites (N-methyl/N-ethyl adjacent to an activating group) is 1. The third-order valence-corrected chi connectivity index (χ3v) is 12.9. The molecule has 4 bridgehead atoms. The third kappa shape index (κ3) is 10.8. The lowest BCUT2D eigenvalue weighted by Gasteiger charge is -2.42. The Morgan fingerprint density at radius 1 is 1.23 bits per heavy atom. The van der Waals surface area contributed by atoms with Gasteiger partial charge in [0.2, 0.25) is 11.8 Å². The number of hydrogen-bond donors (Lipinski definition) is 3. The van der Waals surface area contributed by atoms with E-state index in [0.717, 1.165) is 11.1 Å². The van der Waals surface area contributed by atoms with Crippen LogP contribution in [-0.4, -0.2) is 119 Å². The molecule has 1 aromatic carbocycles. The van der Waals surface area contributed by atoms with Gasteiger partial charge in [-0.05, 0) is 56.6 Å². The monoisotopic (exact) mass is 823 g/mol. The van der Waals surface area contributed by atoms with Gasteiger partial charge < -0.3 is 43.7 Å². The van der Waals surface area contributed by atoms with Gasteiger partial charge in [0.1, 0.15) is 34.7 Å². The minimum atomic E-state index is -1.81. The maximum Gasteiger partial charge on any atom is 0.409 e. The average Bonchev–Trinajstić information content (AvgIpc) is 3.82. The molecule has 3 aliphatic rings. The molecule has 9 atom stereocenters. The molecule has 56 heavy (non-hydrogen) atoms. The quantitative estimate of drug-likeness (QED) is 0.177. The fraction of sp³-hybridized carbons (Fsp3) is 0.683. The van der Waals surface area contributed by atoms with Gasteiger partial charge in [0.05, 0.1) is 31.4 Å². The first-order chi connectivity index (χ1) is 26.0. The zero-order valence-electron chi connectivity index (χ0n) is 34.9. The summed E-state index contributed by atoms with van der Waals surface area (Å²) in [6, 6.07) is 2.85. The summed E-state index contributed by atoms with van der Waals surface area (Å²) in [6.45, 7) is 15.7. The number of hydrogen-bond acceptors (Lipinski definition) is 11. The van der Waals surface area contributed by atoms with E-state index in [4.69, 9.17) is 35.3 Å². The van der Waals surface area contributed by atoms with Crippen molar-refractivity contribution < 1.29 is 48.3 Å². The lowest BCUT2D eigenvalue weighted by molar-refractivity contribution is -0.186. The molecule has 0 aliphatic carbocycles. The first-order valence-electron chi connectivity index (χ1n) is 19.2. The molecule has 1 aromatic rings. The van der Waals surface area contributed by atoms with Crippen molar-refractivity contribution in [2.75, 3.05) is 33.2 Å². The van der Waals surface area contributed by atoms with E-state index in [-0.39, 0.29) is 40.8 Å². The molecule has 0 saturated carbocycles. The molecule has 2 fully saturated rings. The number of aliphatic hydroxyl groups is 2. The summed E-state index contributed by atoms with van der Waals surface area (Å²) in [6.07, 6.45) is 0.723. The Morgan fingerprint density at radius 3 is 2.54 bits per heavy atom. The van der Waals surface area contributed by atoms with Gasteiger partial charge in [-0.3, -0.25) is 14.9 Å². The van der Waals surface area contributed by atoms with Gasteiger partial charge in [0.25, 0.3) is 0 Å². The molecular formula is C41H62ClN3O10S. The molecule has 3 amide bonds. The molecule has 4 rings (SSSR count). The van der Waals surface area contributed by atoms with E-state index in [9.17, 15) is 24.6 Å². The predicted octanol–water partition coefficient (Wildman–Crippen LogP) is 6.01. The number of epoxide rings is 1. The van der Waals surface area contributed by atoms with Crippen molar-refractivity contribution >= 4 is 47.0 Å². The number of benzene rings is 1. The summed E-state index contributed by atoms with van der Waals surface area (Å²) >= 11 is 8.61. The van der Waals surface area contributed by atoms with Crippen LogP contribution < -0.4 is 15.0 Å². The summed E-state index contributed by atoms with van der Waals surface area (Å²) in [5.41, 5.74) is -0.779. The van der Waals surface area contributed by atoms with Crippen LogP contribution in [0.4, 0.5) is 10.5 Å². The van der Waals surface area contributed by atoms with E-state index in [1.807, 2.05) is 43.8 Å². The van der Waals surface area contributed by atoms with Crippen LogP contribution in [0.1, 0.15) is 86.6 Å². The number of fused-ring (bicyclic) bond motifs is 5. The highest BCUT2D eigenvalue weighted by Crippen LogP contribution is 2.49. The van der Waals surface area contributed by atoms with Gasteiger partial charge in [-0.15, -0.1) is 0 Å². The molecule has 0 spiro atoms. The molecule has 2 saturated heterocycles. The van der Waals surface area contributed by atoms with Gasteiger partial charge in [0, 0.05) is 44.7 Å². The van der Waals surface area contributed by atoms with Crippen molar-refractivity contribution in [3.05, 3.63) is 46.5 Å². The van der Waals surface area contributed by atoms with Crippen molar-refractivity contribution in [1.82, 2.24) is 10.2 Å². The SMILES string of the molecule is COc1cc2cc(c1Cl)N(C)C(=O)C[C@H](OC(O)[C@H](C)N(C)C(=O)CCC(C)(C)SC(C)C)[C@]1(C)O[C@H]1[C@H](C)[C@@H]1C[C@@](O)(NC(=O)O1)[C@H](OC)/C=C/C=C(\C)C2. The second-order valence-corrected chi connectivity index (χ2v) is 19.1. The second kappa shape index (κ2) is 18.4. The first kappa shape index (κ1) is 45.8. The third-order valence-electron chi connectivity index (χ3n) is 11.2. The number of carbonyl (C=O) groups excluding carboxylic acids is 3. The number of anilines is 1. The Morgan fingerprint density at radius 2 is 1.91 bits per heavy atom. The Labute approximate surface area is 341 Å². The number of rotatable bonds is 11. The number of alkyl carbamates (subject to hydrolysis) is 1.